The lowest BCUT2D eigenvalue weighted by Crippen LogP contribution is -2.62. The molecule has 0 aromatic carbocycles. The average Bonchev–Trinajstić information content (AvgIpc) is 3.38. The SMILES string of the molecule is O=C(CC(C(=O)O)(N1C(=O)CCC1=O)S(=O)(=O)O)OCCOCCOC(=O)CC(C(=O)O)(N1C(=O)CCC1=O)S(=O)(=O)O. The number of esters is 2. The van der Waals surface area contributed by atoms with Gasteiger partial charge in [0.1, 0.15) is 13.2 Å². The predicted octanol–water partition coefficient (Wildman–Crippen LogP) is -3.49. The van der Waals surface area contributed by atoms with E-state index in [9.17, 15) is 74.5 Å². The first-order valence-electron chi connectivity index (χ1n) is 11.8. The molecule has 2 heterocycles. The molecule has 21 nitrogen and oxygen atoms in total. The first kappa shape index (κ1) is 35.1. The van der Waals surface area contributed by atoms with Crippen LogP contribution >= 0.6 is 0 Å². The molecule has 2 rings (SSSR count). The molecule has 4 amide bonds. The van der Waals surface area contributed by atoms with Crippen LogP contribution in [0.5, 0.6) is 0 Å². The molecule has 2 atom stereocenters. The largest absolute Gasteiger partial charge is 0.479 e. The zero-order chi connectivity index (χ0) is 33.0. The van der Waals surface area contributed by atoms with E-state index in [4.69, 9.17) is 4.74 Å². The van der Waals surface area contributed by atoms with E-state index < -0.39 is 142 Å². The zero-order valence-corrected chi connectivity index (χ0v) is 23.3. The minimum atomic E-state index is -5.79. The van der Waals surface area contributed by atoms with Crippen LogP contribution in [0, 0.1) is 0 Å². The fourth-order valence-electron chi connectivity index (χ4n) is 4.12. The highest BCUT2D eigenvalue weighted by molar-refractivity contribution is 7.88. The number of ether oxygens (including phenoxy) is 3. The van der Waals surface area contributed by atoms with Crippen LogP contribution in [0.2, 0.25) is 0 Å². The Labute approximate surface area is 241 Å². The Morgan fingerprint density at radius 2 is 0.884 bits per heavy atom. The number of rotatable bonds is 16. The Kier molecular flexibility index (Phi) is 10.7. The molecule has 23 heteroatoms. The third kappa shape index (κ3) is 6.96. The standard InChI is InChI=1S/C20H24N2O19S2/c23-11-1-2-12(24)21(11)19(17(29)30,42(33,34)35)9-15(27)40-7-5-39-6-8-41-16(28)10-20(18(31)32,43(36,37)38)22-13(25)3-4-14(22)26/h1-10H2,(H,29,30)(H,31,32)(H,33,34,35)(H,36,37,38). The minimum Gasteiger partial charge on any atom is -0.479 e. The molecule has 4 N–H and O–H groups in total. The molecule has 0 aromatic heterocycles. The number of amides is 4. The maximum atomic E-state index is 12.2. The first-order valence-corrected chi connectivity index (χ1v) is 14.6. The highest BCUT2D eigenvalue weighted by atomic mass is 32.2. The number of carboxylic acid groups (broad SMARTS) is 2. The third-order valence-electron chi connectivity index (χ3n) is 6.10. The quantitative estimate of drug-likeness (QED) is 0.0540. The number of carbonyl (C=O) groups excluding carboxylic acids is 6. The second kappa shape index (κ2) is 13.1. The number of imide groups is 2. The fourth-order valence-corrected chi connectivity index (χ4v) is 6.03. The van der Waals surface area contributed by atoms with Gasteiger partial charge in [0, 0.05) is 25.7 Å². The molecule has 2 unspecified atom stereocenters. The van der Waals surface area contributed by atoms with Crippen LogP contribution in [0.25, 0.3) is 0 Å². The van der Waals surface area contributed by atoms with E-state index in [1.807, 2.05) is 0 Å². The molecule has 2 aliphatic heterocycles. The number of carboxylic acids is 2. The van der Waals surface area contributed by atoms with E-state index in [1.165, 1.54) is 0 Å². The first-order chi connectivity index (χ1) is 19.7. The van der Waals surface area contributed by atoms with Gasteiger partial charge in [0.25, 0.3) is 9.74 Å². The van der Waals surface area contributed by atoms with Crippen molar-refractivity contribution < 1.29 is 88.7 Å². The molecule has 0 aromatic rings. The van der Waals surface area contributed by atoms with Crippen molar-refractivity contribution in [2.45, 2.75) is 48.3 Å². The second-order valence-corrected chi connectivity index (χ2v) is 12.0. The minimum absolute atomic E-state index is 0.243. The van der Waals surface area contributed by atoms with Crippen molar-refractivity contribution in [3.63, 3.8) is 0 Å². The number of hydrogen-bond acceptors (Lipinski definition) is 15. The third-order valence-corrected chi connectivity index (χ3v) is 8.81. The molecule has 0 radical (unpaired) electrons. The fraction of sp³-hybridized carbons (Fsp3) is 0.600. The van der Waals surface area contributed by atoms with Gasteiger partial charge in [-0.15, -0.1) is 0 Å². The molecule has 43 heavy (non-hydrogen) atoms. The lowest BCUT2D eigenvalue weighted by Gasteiger charge is -2.32. The summed E-state index contributed by atoms with van der Waals surface area (Å²) in [5.41, 5.74) is 0. The van der Waals surface area contributed by atoms with E-state index >= 15 is 0 Å². The molecule has 0 spiro atoms. The summed E-state index contributed by atoms with van der Waals surface area (Å²) in [5.74, 6) is -13.1. The van der Waals surface area contributed by atoms with Crippen molar-refractivity contribution in [2.75, 3.05) is 26.4 Å². The van der Waals surface area contributed by atoms with E-state index in [2.05, 4.69) is 9.47 Å². The summed E-state index contributed by atoms with van der Waals surface area (Å²) in [7, 11) is -11.6. The lowest BCUT2D eigenvalue weighted by atomic mass is 10.1. The van der Waals surface area contributed by atoms with Gasteiger partial charge in [0.2, 0.25) is 23.6 Å². The zero-order valence-electron chi connectivity index (χ0n) is 21.7. The van der Waals surface area contributed by atoms with E-state index in [-0.39, 0.29) is 9.80 Å². The smallest absolute Gasteiger partial charge is 0.349 e. The van der Waals surface area contributed by atoms with Crippen LogP contribution in [0.4, 0.5) is 0 Å². The van der Waals surface area contributed by atoms with Gasteiger partial charge in [-0.1, -0.05) is 0 Å². The summed E-state index contributed by atoms with van der Waals surface area (Å²) < 4.78 is 81.0. The van der Waals surface area contributed by atoms with E-state index in [1.54, 1.807) is 0 Å². The van der Waals surface area contributed by atoms with Crippen molar-refractivity contribution in [1.29, 1.82) is 0 Å². The van der Waals surface area contributed by atoms with E-state index in [0.29, 0.717) is 0 Å². The van der Waals surface area contributed by atoms with Gasteiger partial charge in [-0.25, -0.2) is 19.4 Å². The van der Waals surface area contributed by atoms with Crippen LogP contribution in [0.15, 0.2) is 0 Å². The molecule has 0 bridgehead atoms. The summed E-state index contributed by atoms with van der Waals surface area (Å²) in [6.07, 6.45) is -5.65. The Bertz CT molecular complexity index is 1310. The summed E-state index contributed by atoms with van der Waals surface area (Å²) in [5, 5.41) is 19.0. The van der Waals surface area contributed by atoms with Crippen molar-refractivity contribution in [3.8, 4) is 0 Å². The van der Waals surface area contributed by atoms with Gasteiger partial charge < -0.3 is 24.4 Å². The van der Waals surface area contributed by atoms with E-state index in [0.717, 1.165) is 0 Å². The summed E-state index contributed by atoms with van der Waals surface area (Å²) >= 11 is 0. The van der Waals surface area contributed by atoms with Crippen LogP contribution in [0.1, 0.15) is 38.5 Å². The summed E-state index contributed by atoms with van der Waals surface area (Å²) in [4.78, 5) is 88.0. The molecular formula is C20H24N2O19S2. The number of carbonyl (C=O) groups is 8. The van der Waals surface area contributed by atoms with Crippen LogP contribution in [-0.2, 0) is 72.8 Å². The molecule has 2 aliphatic rings. The normalized spacial score (nSPS) is 18.7. The van der Waals surface area contributed by atoms with Gasteiger partial charge in [-0.2, -0.15) is 16.8 Å². The van der Waals surface area contributed by atoms with Crippen LogP contribution in [0.3, 0.4) is 0 Å². The molecule has 2 saturated heterocycles. The Morgan fingerprint density at radius 3 is 1.12 bits per heavy atom. The molecular weight excluding hydrogens is 636 g/mol. The predicted molar refractivity (Wildman–Crippen MR) is 128 cm³/mol. The van der Waals surface area contributed by atoms with Crippen LogP contribution < -0.4 is 0 Å². The Morgan fingerprint density at radius 1 is 0.605 bits per heavy atom. The maximum Gasteiger partial charge on any atom is 0.349 e. The number of likely N-dealkylation sites (tertiary alicyclic amines) is 2. The molecule has 2 fully saturated rings. The van der Waals surface area contributed by atoms with Crippen molar-refractivity contribution >= 4 is 67.7 Å². The molecule has 0 aliphatic carbocycles. The van der Waals surface area contributed by atoms with Crippen LogP contribution in [-0.4, -0.2) is 130 Å². The van der Waals surface area contributed by atoms with Gasteiger partial charge in [-0.05, 0) is 0 Å². The molecule has 240 valence electrons. The lowest BCUT2D eigenvalue weighted by molar-refractivity contribution is -0.163. The van der Waals surface area contributed by atoms with Crippen molar-refractivity contribution in [3.05, 3.63) is 0 Å². The Hall–Kier alpha value is -4.06. The number of hydrogen-bond donors (Lipinski definition) is 4. The van der Waals surface area contributed by atoms with Gasteiger partial charge >= 0.3 is 44.1 Å². The average molecular weight is 661 g/mol. The van der Waals surface area contributed by atoms with Crippen molar-refractivity contribution in [1.82, 2.24) is 9.80 Å². The summed E-state index contributed by atoms with van der Waals surface area (Å²) in [6, 6.07) is 0. The summed E-state index contributed by atoms with van der Waals surface area (Å²) in [6.45, 7) is -2.48. The highest BCUT2D eigenvalue weighted by Crippen LogP contribution is 2.34. The molecule has 0 saturated carbocycles. The van der Waals surface area contributed by atoms with Crippen molar-refractivity contribution in [2.24, 2.45) is 0 Å². The highest BCUT2D eigenvalue weighted by Gasteiger charge is 2.64. The maximum absolute atomic E-state index is 12.2. The number of aliphatic carboxylic acids is 2. The number of nitrogens with zero attached hydrogens (tertiary/aromatic N) is 2. The van der Waals surface area contributed by atoms with Gasteiger partial charge in [0.15, 0.2) is 0 Å². The second-order valence-electron chi connectivity index (χ2n) is 8.78. The monoisotopic (exact) mass is 660 g/mol. The van der Waals surface area contributed by atoms with Gasteiger partial charge in [-0.3, -0.25) is 37.9 Å². The topological polar surface area (TPSA) is 320 Å². The van der Waals surface area contributed by atoms with Gasteiger partial charge in [0.05, 0.1) is 26.1 Å². The Balaban J connectivity index is 1.93.